The van der Waals surface area contributed by atoms with Gasteiger partial charge in [0.2, 0.25) is 0 Å². The third-order valence-corrected chi connectivity index (χ3v) is 6.70. The van der Waals surface area contributed by atoms with Gasteiger partial charge in [-0.15, -0.1) is 0 Å². The summed E-state index contributed by atoms with van der Waals surface area (Å²) in [6, 6.07) is 11.6. The molecule has 1 heterocycles. The molecule has 1 amide bonds. The molecule has 0 radical (unpaired) electrons. The molecule has 0 saturated heterocycles. The average molecular weight is 471 g/mol. The van der Waals surface area contributed by atoms with E-state index >= 15 is 0 Å². The third kappa shape index (κ3) is 5.57. The number of methoxy groups -OCH3 is 2. The topological polar surface area (TPSA) is 58.1 Å². The van der Waals surface area contributed by atoms with Crippen LogP contribution in [0, 0.1) is 0 Å². The minimum Gasteiger partial charge on any atom is -0.495 e. The van der Waals surface area contributed by atoms with Gasteiger partial charge in [0.25, 0.3) is 5.91 Å². The van der Waals surface area contributed by atoms with E-state index in [1.807, 2.05) is 50.5 Å². The number of ether oxygens (including phenoxy) is 2. The molecule has 7 nitrogen and oxygen atoms in total. The Morgan fingerprint density at radius 1 is 0.939 bits per heavy atom. The molecule has 178 valence electrons. The van der Waals surface area contributed by atoms with Gasteiger partial charge in [-0.2, -0.15) is 0 Å². The SMILES string of the molecule is CCN(CC)c1ccc(C(=O)N(CCCN(C)C)c2nc3c(OC)ccc(OC)c3s2)cc1. The Bertz CT molecular complexity index is 1020. The molecule has 2 aromatic carbocycles. The van der Waals surface area contributed by atoms with Crippen molar-refractivity contribution in [3.05, 3.63) is 42.0 Å². The summed E-state index contributed by atoms with van der Waals surface area (Å²) in [5.74, 6) is 1.33. The number of rotatable bonds is 11. The standard InChI is InChI=1S/C25H34N4O3S/c1-7-28(8-2)19-12-10-18(11-13-19)24(30)29(17-9-16-27(3)4)25-26-22-20(31-5)14-15-21(32-6)23(22)33-25/h10-15H,7-9,16-17H2,1-6H3. The predicted octanol–water partition coefficient (Wildman–Crippen LogP) is 4.76. The first-order valence-electron chi connectivity index (χ1n) is 11.3. The van der Waals surface area contributed by atoms with E-state index in [9.17, 15) is 4.79 Å². The number of thiazole rings is 1. The van der Waals surface area contributed by atoms with Gasteiger partial charge in [-0.05, 0) is 77.3 Å². The van der Waals surface area contributed by atoms with Crippen LogP contribution in [-0.2, 0) is 0 Å². The first kappa shape index (κ1) is 24.8. The first-order valence-corrected chi connectivity index (χ1v) is 12.1. The van der Waals surface area contributed by atoms with Crippen molar-refractivity contribution in [2.75, 3.05) is 64.3 Å². The van der Waals surface area contributed by atoms with Gasteiger partial charge in [-0.25, -0.2) is 4.98 Å². The van der Waals surface area contributed by atoms with E-state index in [0.29, 0.717) is 28.5 Å². The van der Waals surface area contributed by atoms with Crippen LogP contribution in [0.4, 0.5) is 10.8 Å². The van der Waals surface area contributed by atoms with E-state index in [1.165, 1.54) is 11.3 Å². The van der Waals surface area contributed by atoms with Crippen LogP contribution in [0.1, 0.15) is 30.6 Å². The summed E-state index contributed by atoms with van der Waals surface area (Å²) in [5.41, 5.74) is 2.47. The summed E-state index contributed by atoms with van der Waals surface area (Å²) in [6.07, 6.45) is 0.834. The zero-order chi connectivity index (χ0) is 24.0. The van der Waals surface area contributed by atoms with Crippen molar-refractivity contribution in [1.82, 2.24) is 9.88 Å². The summed E-state index contributed by atoms with van der Waals surface area (Å²) in [7, 11) is 7.33. The fourth-order valence-electron chi connectivity index (χ4n) is 3.78. The number of hydrogen-bond donors (Lipinski definition) is 0. The predicted molar refractivity (Wildman–Crippen MR) is 138 cm³/mol. The minimum absolute atomic E-state index is 0.0585. The van der Waals surface area contributed by atoms with Crippen molar-refractivity contribution in [2.24, 2.45) is 0 Å². The largest absolute Gasteiger partial charge is 0.495 e. The van der Waals surface area contributed by atoms with Gasteiger partial charge in [0.15, 0.2) is 5.13 Å². The molecule has 0 spiro atoms. The van der Waals surface area contributed by atoms with Gasteiger partial charge < -0.3 is 19.3 Å². The number of amides is 1. The zero-order valence-electron chi connectivity index (χ0n) is 20.4. The lowest BCUT2D eigenvalue weighted by Gasteiger charge is -2.23. The van der Waals surface area contributed by atoms with Gasteiger partial charge in [-0.1, -0.05) is 11.3 Å². The van der Waals surface area contributed by atoms with Crippen molar-refractivity contribution in [1.29, 1.82) is 0 Å². The van der Waals surface area contributed by atoms with Crippen LogP contribution in [0.25, 0.3) is 10.2 Å². The van der Waals surface area contributed by atoms with E-state index in [4.69, 9.17) is 14.5 Å². The Hall–Kier alpha value is -2.84. The number of benzene rings is 2. The van der Waals surface area contributed by atoms with Gasteiger partial charge >= 0.3 is 0 Å². The second kappa shape index (κ2) is 11.3. The maximum absolute atomic E-state index is 13.6. The number of nitrogens with zero attached hydrogens (tertiary/aromatic N) is 4. The monoisotopic (exact) mass is 470 g/mol. The lowest BCUT2D eigenvalue weighted by atomic mass is 10.1. The lowest BCUT2D eigenvalue weighted by molar-refractivity contribution is 0.0986. The van der Waals surface area contributed by atoms with Crippen LogP contribution < -0.4 is 19.3 Å². The Labute approximate surface area is 200 Å². The van der Waals surface area contributed by atoms with Gasteiger partial charge in [0.1, 0.15) is 21.7 Å². The zero-order valence-corrected chi connectivity index (χ0v) is 21.2. The summed E-state index contributed by atoms with van der Waals surface area (Å²) < 4.78 is 11.9. The maximum atomic E-state index is 13.6. The van der Waals surface area contributed by atoms with Crippen LogP contribution in [0.15, 0.2) is 36.4 Å². The quantitative estimate of drug-likeness (QED) is 0.403. The van der Waals surface area contributed by atoms with Crippen LogP contribution in [0.2, 0.25) is 0 Å². The van der Waals surface area contributed by atoms with E-state index < -0.39 is 0 Å². The molecule has 0 bridgehead atoms. The third-order valence-electron chi connectivity index (χ3n) is 5.60. The van der Waals surface area contributed by atoms with Gasteiger partial charge in [0, 0.05) is 30.9 Å². The Kier molecular flexibility index (Phi) is 8.52. The maximum Gasteiger partial charge on any atom is 0.260 e. The molecule has 0 atom stereocenters. The summed E-state index contributed by atoms with van der Waals surface area (Å²) in [5, 5.41) is 0.643. The molecule has 33 heavy (non-hydrogen) atoms. The van der Waals surface area contributed by atoms with E-state index in [0.717, 1.165) is 42.2 Å². The fourth-order valence-corrected chi connectivity index (χ4v) is 4.88. The Balaban J connectivity index is 1.98. The molecule has 0 fully saturated rings. The Morgan fingerprint density at radius 2 is 1.58 bits per heavy atom. The van der Waals surface area contributed by atoms with E-state index in [2.05, 4.69) is 23.6 Å². The second-order valence-electron chi connectivity index (χ2n) is 7.98. The molecule has 1 aromatic heterocycles. The van der Waals surface area contributed by atoms with E-state index in [1.54, 1.807) is 19.1 Å². The van der Waals surface area contributed by atoms with Crippen LogP contribution >= 0.6 is 11.3 Å². The smallest absolute Gasteiger partial charge is 0.260 e. The number of carbonyl (C=O) groups is 1. The molecular formula is C25H34N4O3S. The van der Waals surface area contributed by atoms with Crippen molar-refractivity contribution in [3.63, 3.8) is 0 Å². The van der Waals surface area contributed by atoms with Gasteiger partial charge in [0.05, 0.1) is 14.2 Å². The number of carbonyl (C=O) groups excluding carboxylic acids is 1. The van der Waals surface area contributed by atoms with E-state index in [-0.39, 0.29) is 5.91 Å². The molecule has 3 rings (SSSR count). The molecule has 0 aliphatic carbocycles. The summed E-state index contributed by atoms with van der Waals surface area (Å²) >= 11 is 1.45. The number of anilines is 2. The molecule has 0 aliphatic rings. The molecular weight excluding hydrogens is 436 g/mol. The molecule has 0 saturated carbocycles. The second-order valence-corrected chi connectivity index (χ2v) is 8.95. The average Bonchev–Trinajstić information content (AvgIpc) is 3.27. The summed E-state index contributed by atoms with van der Waals surface area (Å²) in [6.45, 7) is 7.56. The lowest BCUT2D eigenvalue weighted by Crippen LogP contribution is -2.33. The highest BCUT2D eigenvalue weighted by Crippen LogP contribution is 2.40. The number of hydrogen-bond acceptors (Lipinski definition) is 7. The fraction of sp³-hybridized carbons (Fsp3) is 0.440. The van der Waals surface area contributed by atoms with Crippen molar-refractivity contribution < 1.29 is 14.3 Å². The van der Waals surface area contributed by atoms with Gasteiger partial charge in [-0.3, -0.25) is 9.69 Å². The highest BCUT2D eigenvalue weighted by molar-refractivity contribution is 7.22. The molecule has 0 N–H and O–H groups in total. The summed E-state index contributed by atoms with van der Waals surface area (Å²) in [4.78, 5) is 24.6. The Morgan fingerprint density at radius 3 is 2.15 bits per heavy atom. The number of aromatic nitrogens is 1. The van der Waals surface area contributed by atoms with Crippen molar-refractivity contribution >= 4 is 38.3 Å². The van der Waals surface area contributed by atoms with Crippen molar-refractivity contribution in [3.8, 4) is 11.5 Å². The van der Waals surface area contributed by atoms with Crippen LogP contribution in [0.5, 0.6) is 11.5 Å². The minimum atomic E-state index is -0.0585. The molecule has 0 unspecified atom stereocenters. The van der Waals surface area contributed by atoms with Crippen LogP contribution in [0.3, 0.4) is 0 Å². The van der Waals surface area contributed by atoms with Crippen LogP contribution in [-0.4, -0.2) is 70.3 Å². The number of fused-ring (bicyclic) bond motifs is 1. The molecule has 8 heteroatoms. The highest BCUT2D eigenvalue weighted by Gasteiger charge is 2.23. The normalized spacial score (nSPS) is 11.1. The first-order chi connectivity index (χ1) is 15.9. The highest BCUT2D eigenvalue weighted by atomic mass is 32.1. The van der Waals surface area contributed by atoms with Crippen molar-refractivity contribution in [2.45, 2.75) is 20.3 Å². The molecule has 3 aromatic rings. The molecule has 0 aliphatic heterocycles.